The zero-order valence-electron chi connectivity index (χ0n) is 10.0. The second kappa shape index (κ2) is 4.33. The minimum atomic E-state index is 0.467. The number of rotatable bonds is 3. The summed E-state index contributed by atoms with van der Waals surface area (Å²) in [5.74, 6) is 1.12. The van der Waals surface area contributed by atoms with Gasteiger partial charge >= 0.3 is 0 Å². The summed E-state index contributed by atoms with van der Waals surface area (Å²) >= 11 is 0. The van der Waals surface area contributed by atoms with E-state index in [4.69, 9.17) is 0 Å². The molecule has 0 saturated carbocycles. The molecule has 5 nitrogen and oxygen atoms in total. The number of aryl methyl sites for hydroxylation is 1. The normalized spacial score (nSPS) is 21.1. The van der Waals surface area contributed by atoms with Crippen molar-refractivity contribution >= 4 is 0 Å². The molecule has 2 aromatic heterocycles. The SMILES string of the molecule is Cn1ccnc1CN1CCCC1c1ccn[nH]1. The second-order valence-electron chi connectivity index (χ2n) is 4.59. The van der Waals surface area contributed by atoms with Gasteiger partial charge in [0, 0.05) is 25.6 Å². The number of likely N-dealkylation sites (tertiary alicyclic amines) is 1. The van der Waals surface area contributed by atoms with E-state index in [1.807, 2.05) is 25.6 Å². The molecule has 2 aromatic rings. The maximum absolute atomic E-state index is 4.39. The molecule has 0 radical (unpaired) electrons. The number of aromatic amines is 1. The quantitative estimate of drug-likeness (QED) is 0.870. The van der Waals surface area contributed by atoms with E-state index in [1.165, 1.54) is 18.5 Å². The van der Waals surface area contributed by atoms with Crippen LogP contribution in [0.4, 0.5) is 0 Å². The van der Waals surface area contributed by atoms with Gasteiger partial charge in [0.25, 0.3) is 0 Å². The third-order valence-electron chi connectivity index (χ3n) is 3.51. The number of imidazole rings is 1. The predicted octanol–water partition coefficient (Wildman–Crippen LogP) is 1.48. The van der Waals surface area contributed by atoms with Crippen molar-refractivity contribution in [1.82, 2.24) is 24.6 Å². The van der Waals surface area contributed by atoms with Gasteiger partial charge in [-0.25, -0.2) is 4.98 Å². The summed E-state index contributed by atoms with van der Waals surface area (Å²) in [4.78, 5) is 6.86. The van der Waals surface area contributed by atoms with Gasteiger partial charge in [-0.2, -0.15) is 5.10 Å². The molecule has 1 aliphatic rings. The molecule has 17 heavy (non-hydrogen) atoms. The van der Waals surface area contributed by atoms with Crippen molar-refractivity contribution in [3.8, 4) is 0 Å². The van der Waals surface area contributed by atoms with E-state index < -0.39 is 0 Å². The van der Waals surface area contributed by atoms with Crippen molar-refractivity contribution in [3.05, 3.63) is 36.2 Å². The minimum Gasteiger partial charge on any atom is -0.337 e. The highest BCUT2D eigenvalue weighted by molar-refractivity contribution is 5.07. The lowest BCUT2D eigenvalue weighted by molar-refractivity contribution is 0.236. The van der Waals surface area contributed by atoms with Crippen molar-refractivity contribution < 1.29 is 0 Å². The molecule has 3 heterocycles. The van der Waals surface area contributed by atoms with Gasteiger partial charge in [0.05, 0.1) is 18.3 Å². The zero-order chi connectivity index (χ0) is 11.7. The molecule has 0 spiro atoms. The molecule has 1 atom stereocenters. The number of hydrogen-bond acceptors (Lipinski definition) is 3. The lowest BCUT2D eigenvalue weighted by Crippen LogP contribution is -2.24. The molecule has 3 rings (SSSR count). The Morgan fingerprint density at radius 2 is 2.41 bits per heavy atom. The van der Waals surface area contributed by atoms with Crippen molar-refractivity contribution in [2.75, 3.05) is 6.54 Å². The Labute approximate surface area is 100 Å². The molecule has 5 heteroatoms. The molecule has 90 valence electrons. The van der Waals surface area contributed by atoms with Crippen LogP contribution in [-0.4, -0.2) is 31.2 Å². The summed E-state index contributed by atoms with van der Waals surface area (Å²) in [5, 5.41) is 7.13. The van der Waals surface area contributed by atoms with Crippen LogP contribution in [0.25, 0.3) is 0 Å². The fourth-order valence-electron chi connectivity index (χ4n) is 2.55. The van der Waals surface area contributed by atoms with E-state index in [0.29, 0.717) is 6.04 Å². The summed E-state index contributed by atoms with van der Waals surface area (Å²) < 4.78 is 2.09. The molecular weight excluding hydrogens is 214 g/mol. The number of H-pyrrole nitrogens is 1. The minimum absolute atomic E-state index is 0.467. The largest absolute Gasteiger partial charge is 0.337 e. The first-order valence-electron chi connectivity index (χ1n) is 6.04. The van der Waals surface area contributed by atoms with Gasteiger partial charge in [0.1, 0.15) is 5.82 Å². The first kappa shape index (κ1) is 10.5. The van der Waals surface area contributed by atoms with Gasteiger partial charge in [0.2, 0.25) is 0 Å². The van der Waals surface area contributed by atoms with Gasteiger partial charge in [-0.3, -0.25) is 10.00 Å². The van der Waals surface area contributed by atoms with Gasteiger partial charge in [-0.1, -0.05) is 0 Å². The number of hydrogen-bond donors (Lipinski definition) is 1. The van der Waals surface area contributed by atoms with E-state index in [9.17, 15) is 0 Å². The standard InChI is InChI=1S/C12H17N5/c1-16-8-6-13-12(16)9-17-7-2-3-11(17)10-4-5-14-15-10/h4-6,8,11H,2-3,7,9H2,1H3,(H,14,15). The topological polar surface area (TPSA) is 49.7 Å². The zero-order valence-corrected chi connectivity index (χ0v) is 10.0. The van der Waals surface area contributed by atoms with Gasteiger partial charge in [-0.05, 0) is 25.5 Å². The third-order valence-corrected chi connectivity index (χ3v) is 3.51. The van der Waals surface area contributed by atoms with E-state index >= 15 is 0 Å². The highest BCUT2D eigenvalue weighted by Gasteiger charge is 2.27. The Bertz CT molecular complexity index is 473. The van der Waals surface area contributed by atoms with Crippen LogP contribution in [0.1, 0.15) is 30.4 Å². The van der Waals surface area contributed by atoms with Crippen LogP contribution in [0.2, 0.25) is 0 Å². The van der Waals surface area contributed by atoms with Gasteiger partial charge < -0.3 is 4.57 Å². The molecule has 1 fully saturated rings. The molecule has 0 amide bonds. The van der Waals surface area contributed by atoms with Gasteiger partial charge in [0.15, 0.2) is 0 Å². The summed E-state index contributed by atoms with van der Waals surface area (Å²) in [6, 6.07) is 2.54. The summed E-state index contributed by atoms with van der Waals surface area (Å²) in [7, 11) is 2.05. The summed E-state index contributed by atoms with van der Waals surface area (Å²) in [6.07, 6.45) is 8.13. The Kier molecular flexibility index (Phi) is 2.68. The van der Waals surface area contributed by atoms with Crippen LogP contribution in [0.5, 0.6) is 0 Å². The van der Waals surface area contributed by atoms with Crippen LogP contribution >= 0.6 is 0 Å². The maximum atomic E-state index is 4.39. The molecule has 0 bridgehead atoms. The Balaban J connectivity index is 1.77. The van der Waals surface area contributed by atoms with Crippen LogP contribution in [0.15, 0.2) is 24.7 Å². The third kappa shape index (κ3) is 1.98. The van der Waals surface area contributed by atoms with Crippen LogP contribution in [0, 0.1) is 0 Å². The van der Waals surface area contributed by atoms with E-state index in [2.05, 4.69) is 30.7 Å². The molecule has 0 aromatic carbocycles. The lowest BCUT2D eigenvalue weighted by atomic mass is 10.1. The van der Waals surface area contributed by atoms with Gasteiger partial charge in [-0.15, -0.1) is 0 Å². The smallest absolute Gasteiger partial charge is 0.122 e. The fraction of sp³-hybridized carbons (Fsp3) is 0.500. The van der Waals surface area contributed by atoms with Crippen molar-refractivity contribution in [3.63, 3.8) is 0 Å². The Morgan fingerprint density at radius 1 is 1.47 bits per heavy atom. The molecular formula is C12H17N5. The number of aromatic nitrogens is 4. The first-order valence-corrected chi connectivity index (χ1v) is 6.04. The van der Waals surface area contributed by atoms with E-state index in [0.717, 1.165) is 18.9 Å². The highest BCUT2D eigenvalue weighted by Crippen LogP contribution is 2.31. The molecule has 1 aliphatic heterocycles. The maximum Gasteiger partial charge on any atom is 0.122 e. The van der Waals surface area contributed by atoms with E-state index in [1.54, 1.807) is 0 Å². The molecule has 1 unspecified atom stereocenters. The Morgan fingerprint density at radius 3 is 3.12 bits per heavy atom. The van der Waals surface area contributed by atoms with Crippen molar-refractivity contribution in [1.29, 1.82) is 0 Å². The average Bonchev–Trinajstić information content (AvgIpc) is 3.02. The highest BCUT2D eigenvalue weighted by atomic mass is 15.2. The number of nitrogens with zero attached hydrogens (tertiary/aromatic N) is 4. The van der Waals surface area contributed by atoms with E-state index in [-0.39, 0.29) is 0 Å². The molecule has 1 saturated heterocycles. The van der Waals surface area contributed by atoms with Crippen molar-refractivity contribution in [2.45, 2.75) is 25.4 Å². The van der Waals surface area contributed by atoms with Crippen LogP contribution in [-0.2, 0) is 13.6 Å². The second-order valence-corrected chi connectivity index (χ2v) is 4.59. The molecule has 1 N–H and O–H groups in total. The number of nitrogens with one attached hydrogen (secondary N) is 1. The van der Waals surface area contributed by atoms with Crippen molar-refractivity contribution in [2.24, 2.45) is 7.05 Å². The lowest BCUT2D eigenvalue weighted by Gasteiger charge is -2.22. The summed E-state index contributed by atoms with van der Waals surface area (Å²) in [6.45, 7) is 2.05. The Hall–Kier alpha value is -1.62. The van der Waals surface area contributed by atoms with Crippen LogP contribution in [0.3, 0.4) is 0 Å². The monoisotopic (exact) mass is 231 g/mol. The fourth-order valence-corrected chi connectivity index (χ4v) is 2.55. The summed E-state index contributed by atoms with van der Waals surface area (Å²) in [5.41, 5.74) is 1.22. The average molecular weight is 231 g/mol. The molecule has 0 aliphatic carbocycles. The predicted molar refractivity (Wildman–Crippen MR) is 64.2 cm³/mol. The first-order chi connectivity index (χ1) is 8.34. The van der Waals surface area contributed by atoms with Crippen LogP contribution < -0.4 is 0 Å².